The van der Waals surface area contributed by atoms with Crippen LogP contribution in [0.4, 0.5) is 0 Å². The van der Waals surface area contributed by atoms with Gasteiger partial charge in [0.1, 0.15) is 5.75 Å². The summed E-state index contributed by atoms with van der Waals surface area (Å²) in [5.41, 5.74) is 3.33. The van der Waals surface area contributed by atoms with Gasteiger partial charge >= 0.3 is 5.97 Å². The van der Waals surface area contributed by atoms with Gasteiger partial charge in [-0.3, -0.25) is 4.79 Å². The Morgan fingerprint density at radius 3 is 2.26 bits per heavy atom. The number of hydrogen-bond donors (Lipinski definition) is 0. The number of carbonyl (C=O) groups is 1. The predicted molar refractivity (Wildman–Crippen MR) is 77.3 cm³/mol. The Kier molecular flexibility index (Phi) is 4.00. The zero-order valence-corrected chi connectivity index (χ0v) is 11.5. The lowest BCUT2D eigenvalue weighted by atomic mass is 9.92. The minimum Gasteiger partial charge on any atom is -0.426 e. The van der Waals surface area contributed by atoms with Crippen molar-refractivity contribution in [2.75, 3.05) is 0 Å². The molecule has 0 N–H and O–H groups in total. The average Bonchev–Trinajstić information content (AvgIpc) is 2.38. The first-order chi connectivity index (χ1) is 9.09. The van der Waals surface area contributed by atoms with Crippen LogP contribution in [-0.2, 0) is 4.79 Å². The molecule has 0 amide bonds. The molecule has 0 atom stereocenters. The van der Waals surface area contributed by atoms with Crippen LogP contribution in [0.15, 0.2) is 48.5 Å². The summed E-state index contributed by atoms with van der Waals surface area (Å²) < 4.78 is 5.33. The van der Waals surface area contributed by atoms with E-state index in [-0.39, 0.29) is 11.9 Å². The molecule has 0 aliphatic heterocycles. The second-order valence-electron chi connectivity index (χ2n) is 4.83. The fourth-order valence-corrected chi connectivity index (χ4v) is 2.25. The van der Waals surface area contributed by atoms with E-state index in [9.17, 15) is 4.79 Å². The zero-order chi connectivity index (χ0) is 13.8. The SMILES string of the molecule is CC(=O)Oc1cccc(-c2ccccc2)c1C(C)C. The van der Waals surface area contributed by atoms with E-state index < -0.39 is 0 Å². The van der Waals surface area contributed by atoms with Gasteiger partial charge in [0, 0.05) is 12.5 Å². The molecule has 98 valence electrons. The van der Waals surface area contributed by atoms with E-state index in [0.29, 0.717) is 5.75 Å². The summed E-state index contributed by atoms with van der Waals surface area (Å²) in [7, 11) is 0. The van der Waals surface area contributed by atoms with Gasteiger partial charge in [-0.15, -0.1) is 0 Å². The average molecular weight is 254 g/mol. The van der Waals surface area contributed by atoms with Gasteiger partial charge in [0.15, 0.2) is 0 Å². The molecule has 0 saturated carbocycles. The summed E-state index contributed by atoms with van der Waals surface area (Å²) in [6.45, 7) is 5.64. The van der Waals surface area contributed by atoms with Crippen LogP contribution < -0.4 is 4.74 Å². The molecule has 0 unspecified atom stereocenters. The maximum absolute atomic E-state index is 11.2. The molecular weight excluding hydrogens is 236 g/mol. The Hall–Kier alpha value is -2.09. The molecular formula is C17H18O2. The highest BCUT2D eigenvalue weighted by molar-refractivity contribution is 5.75. The topological polar surface area (TPSA) is 26.3 Å². The van der Waals surface area contributed by atoms with Crippen LogP contribution in [0.1, 0.15) is 32.3 Å². The Labute approximate surface area is 114 Å². The van der Waals surface area contributed by atoms with E-state index in [1.54, 1.807) is 0 Å². The highest BCUT2D eigenvalue weighted by Gasteiger charge is 2.15. The van der Waals surface area contributed by atoms with Crippen molar-refractivity contribution >= 4 is 5.97 Å². The van der Waals surface area contributed by atoms with Crippen molar-refractivity contribution in [1.82, 2.24) is 0 Å². The fourth-order valence-electron chi connectivity index (χ4n) is 2.25. The molecule has 2 aromatic carbocycles. The van der Waals surface area contributed by atoms with Gasteiger partial charge in [0.25, 0.3) is 0 Å². The molecule has 2 rings (SSSR count). The predicted octanol–water partition coefficient (Wildman–Crippen LogP) is 4.40. The van der Waals surface area contributed by atoms with Crippen LogP contribution in [0, 0.1) is 0 Å². The highest BCUT2D eigenvalue weighted by atomic mass is 16.5. The van der Waals surface area contributed by atoms with Crippen molar-refractivity contribution in [2.45, 2.75) is 26.7 Å². The fraction of sp³-hybridized carbons (Fsp3) is 0.235. The van der Waals surface area contributed by atoms with Crippen molar-refractivity contribution in [3.05, 3.63) is 54.1 Å². The number of hydrogen-bond acceptors (Lipinski definition) is 2. The Bertz CT molecular complexity index is 571. The zero-order valence-electron chi connectivity index (χ0n) is 11.5. The third-order valence-electron chi connectivity index (χ3n) is 2.98. The smallest absolute Gasteiger partial charge is 0.308 e. The van der Waals surface area contributed by atoms with Gasteiger partial charge in [-0.05, 0) is 23.1 Å². The van der Waals surface area contributed by atoms with Gasteiger partial charge in [-0.2, -0.15) is 0 Å². The second-order valence-corrected chi connectivity index (χ2v) is 4.83. The van der Waals surface area contributed by atoms with E-state index in [1.165, 1.54) is 6.92 Å². The van der Waals surface area contributed by atoms with Crippen LogP contribution in [-0.4, -0.2) is 5.97 Å². The van der Waals surface area contributed by atoms with Crippen molar-refractivity contribution in [2.24, 2.45) is 0 Å². The van der Waals surface area contributed by atoms with Crippen LogP contribution in [0.5, 0.6) is 5.75 Å². The third kappa shape index (κ3) is 3.02. The first kappa shape index (κ1) is 13.3. The van der Waals surface area contributed by atoms with Crippen LogP contribution >= 0.6 is 0 Å². The Morgan fingerprint density at radius 1 is 1.00 bits per heavy atom. The standard InChI is InChI=1S/C17H18O2/c1-12(2)17-15(14-8-5-4-6-9-14)10-7-11-16(17)19-13(3)18/h4-12H,1-3H3. The van der Waals surface area contributed by atoms with Crippen molar-refractivity contribution in [3.8, 4) is 16.9 Å². The van der Waals surface area contributed by atoms with Crippen LogP contribution in [0.25, 0.3) is 11.1 Å². The number of carbonyl (C=O) groups excluding carboxylic acids is 1. The summed E-state index contributed by atoms with van der Waals surface area (Å²) in [6, 6.07) is 16.0. The third-order valence-corrected chi connectivity index (χ3v) is 2.98. The molecule has 0 fully saturated rings. The summed E-state index contributed by atoms with van der Waals surface area (Å²) >= 11 is 0. The molecule has 19 heavy (non-hydrogen) atoms. The number of rotatable bonds is 3. The van der Waals surface area contributed by atoms with E-state index >= 15 is 0 Å². The highest BCUT2D eigenvalue weighted by Crippen LogP contribution is 2.36. The molecule has 2 aromatic rings. The minimum atomic E-state index is -0.285. The lowest BCUT2D eigenvalue weighted by Crippen LogP contribution is -2.05. The molecule has 0 aromatic heterocycles. The van der Waals surface area contributed by atoms with Crippen LogP contribution in [0.2, 0.25) is 0 Å². The van der Waals surface area contributed by atoms with Crippen molar-refractivity contribution in [1.29, 1.82) is 0 Å². The molecule has 0 saturated heterocycles. The maximum Gasteiger partial charge on any atom is 0.308 e. The van der Waals surface area contributed by atoms with Gasteiger partial charge in [-0.1, -0.05) is 56.3 Å². The van der Waals surface area contributed by atoms with Gasteiger partial charge in [-0.25, -0.2) is 0 Å². The monoisotopic (exact) mass is 254 g/mol. The lowest BCUT2D eigenvalue weighted by molar-refractivity contribution is -0.131. The molecule has 2 nitrogen and oxygen atoms in total. The number of esters is 1. The summed E-state index contributed by atoms with van der Waals surface area (Å²) in [6.07, 6.45) is 0. The Morgan fingerprint density at radius 2 is 1.68 bits per heavy atom. The normalized spacial score (nSPS) is 10.5. The molecule has 0 radical (unpaired) electrons. The molecule has 0 bridgehead atoms. The van der Waals surface area contributed by atoms with E-state index in [0.717, 1.165) is 16.7 Å². The molecule has 0 spiro atoms. The second kappa shape index (κ2) is 5.70. The quantitative estimate of drug-likeness (QED) is 0.599. The van der Waals surface area contributed by atoms with Crippen molar-refractivity contribution < 1.29 is 9.53 Å². The van der Waals surface area contributed by atoms with E-state index in [2.05, 4.69) is 32.0 Å². The minimum absolute atomic E-state index is 0.283. The summed E-state index contributed by atoms with van der Waals surface area (Å²) in [5.74, 6) is 0.654. The maximum atomic E-state index is 11.2. The Balaban J connectivity index is 2.58. The van der Waals surface area contributed by atoms with Crippen LogP contribution in [0.3, 0.4) is 0 Å². The molecule has 0 aliphatic rings. The first-order valence-corrected chi connectivity index (χ1v) is 6.46. The van der Waals surface area contributed by atoms with E-state index in [4.69, 9.17) is 4.74 Å². The van der Waals surface area contributed by atoms with Crippen molar-refractivity contribution in [3.63, 3.8) is 0 Å². The molecule has 0 heterocycles. The summed E-state index contributed by atoms with van der Waals surface area (Å²) in [5, 5.41) is 0. The molecule has 0 aliphatic carbocycles. The summed E-state index contributed by atoms with van der Waals surface area (Å²) in [4.78, 5) is 11.2. The first-order valence-electron chi connectivity index (χ1n) is 6.46. The van der Waals surface area contributed by atoms with Gasteiger partial charge in [0.05, 0.1) is 0 Å². The molecule has 2 heteroatoms. The number of benzene rings is 2. The number of ether oxygens (including phenoxy) is 1. The largest absolute Gasteiger partial charge is 0.426 e. The van der Waals surface area contributed by atoms with Gasteiger partial charge in [0.2, 0.25) is 0 Å². The lowest BCUT2D eigenvalue weighted by Gasteiger charge is -2.17. The van der Waals surface area contributed by atoms with Gasteiger partial charge < -0.3 is 4.74 Å². The van der Waals surface area contributed by atoms with E-state index in [1.807, 2.05) is 30.3 Å².